The number of esters is 1. The van der Waals surface area contributed by atoms with Gasteiger partial charge in [-0.3, -0.25) is 14.9 Å². The highest BCUT2D eigenvalue weighted by molar-refractivity contribution is 5.98. The maximum atomic E-state index is 12.3. The van der Waals surface area contributed by atoms with E-state index in [-0.39, 0.29) is 28.4 Å². The third-order valence-electron chi connectivity index (χ3n) is 3.63. The first-order valence-corrected chi connectivity index (χ1v) is 7.91. The van der Waals surface area contributed by atoms with Gasteiger partial charge in [0.1, 0.15) is 11.3 Å². The van der Waals surface area contributed by atoms with E-state index in [1.165, 1.54) is 39.5 Å². The summed E-state index contributed by atoms with van der Waals surface area (Å²) >= 11 is 0. The zero-order valence-electron chi connectivity index (χ0n) is 15.4. The molecular weight excluding hydrogens is 372 g/mol. The lowest BCUT2D eigenvalue weighted by Crippen LogP contribution is -2.21. The van der Waals surface area contributed by atoms with Crippen LogP contribution in [0, 0.1) is 10.1 Å². The Morgan fingerprint density at radius 3 is 2.36 bits per heavy atom. The summed E-state index contributed by atoms with van der Waals surface area (Å²) in [6.45, 7) is -0.620. The molecule has 0 spiro atoms. The van der Waals surface area contributed by atoms with E-state index in [2.05, 4.69) is 5.32 Å². The van der Waals surface area contributed by atoms with Gasteiger partial charge in [-0.25, -0.2) is 4.79 Å². The highest BCUT2D eigenvalue weighted by atomic mass is 16.6. The Bertz CT molecular complexity index is 897. The zero-order valence-corrected chi connectivity index (χ0v) is 15.4. The van der Waals surface area contributed by atoms with Crippen LogP contribution in [0.4, 0.5) is 11.4 Å². The second-order valence-corrected chi connectivity index (χ2v) is 5.31. The number of nitro groups is 1. The van der Waals surface area contributed by atoms with E-state index < -0.39 is 23.4 Å². The quantitative estimate of drug-likeness (QED) is 0.414. The van der Waals surface area contributed by atoms with E-state index in [0.29, 0.717) is 5.75 Å². The fourth-order valence-corrected chi connectivity index (χ4v) is 2.35. The molecule has 0 bridgehead atoms. The third-order valence-corrected chi connectivity index (χ3v) is 3.63. The van der Waals surface area contributed by atoms with E-state index in [1.54, 1.807) is 12.1 Å². The molecule has 0 heterocycles. The van der Waals surface area contributed by atoms with Crippen molar-refractivity contribution in [1.29, 1.82) is 0 Å². The number of hydrogen-bond acceptors (Lipinski definition) is 8. The molecule has 0 saturated heterocycles. The Morgan fingerprint density at radius 1 is 1.04 bits per heavy atom. The Kier molecular flexibility index (Phi) is 6.74. The predicted molar refractivity (Wildman–Crippen MR) is 98.1 cm³/mol. The lowest BCUT2D eigenvalue weighted by atomic mass is 10.2. The number of nitro benzene ring substituents is 1. The molecule has 2 rings (SSSR count). The minimum atomic E-state index is -0.795. The second kappa shape index (κ2) is 9.21. The minimum Gasteiger partial charge on any atom is -0.495 e. The van der Waals surface area contributed by atoms with Crippen LogP contribution in [0.2, 0.25) is 0 Å². The monoisotopic (exact) mass is 390 g/mol. The van der Waals surface area contributed by atoms with Crippen molar-refractivity contribution in [1.82, 2.24) is 0 Å². The summed E-state index contributed by atoms with van der Waals surface area (Å²) in [6.07, 6.45) is 0. The smallest absolute Gasteiger partial charge is 0.342 e. The van der Waals surface area contributed by atoms with Gasteiger partial charge in [0.05, 0.1) is 31.9 Å². The van der Waals surface area contributed by atoms with Crippen LogP contribution in [-0.4, -0.2) is 44.7 Å². The molecule has 0 unspecified atom stereocenters. The standard InChI is InChI=1S/C18H18N2O8/c1-25-14-8-7-11(20(23)24)9-13(14)19-16(21)10-28-18(22)12-5-4-6-15(26-2)17(12)27-3/h4-9H,10H2,1-3H3,(H,19,21). The Morgan fingerprint density at radius 2 is 1.75 bits per heavy atom. The number of nitrogens with one attached hydrogen (secondary N) is 1. The van der Waals surface area contributed by atoms with Crippen molar-refractivity contribution in [2.75, 3.05) is 33.3 Å². The molecule has 0 aromatic heterocycles. The molecule has 0 radical (unpaired) electrons. The predicted octanol–water partition coefficient (Wildman–Crippen LogP) is 2.42. The van der Waals surface area contributed by atoms with Crippen LogP contribution in [0.15, 0.2) is 36.4 Å². The van der Waals surface area contributed by atoms with Gasteiger partial charge >= 0.3 is 5.97 Å². The van der Waals surface area contributed by atoms with Gasteiger partial charge in [0, 0.05) is 12.1 Å². The molecule has 0 saturated carbocycles. The fraction of sp³-hybridized carbons (Fsp3) is 0.222. The Labute approximate surface area is 160 Å². The van der Waals surface area contributed by atoms with Crippen LogP contribution < -0.4 is 19.5 Å². The highest BCUT2D eigenvalue weighted by Gasteiger charge is 2.19. The van der Waals surface area contributed by atoms with Crippen LogP contribution in [0.3, 0.4) is 0 Å². The maximum absolute atomic E-state index is 12.3. The van der Waals surface area contributed by atoms with Crippen LogP contribution in [0.25, 0.3) is 0 Å². The SMILES string of the molecule is COc1ccc([N+](=O)[O-])cc1NC(=O)COC(=O)c1cccc(OC)c1OC. The number of carbonyl (C=O) groups excluding carboxylic acids is 2. The highest BCUT2D eigenvalue weighted by Crippen LogP contribution is 2.31. The van der Waals surface area contributed by atoms with Crippen molar-refractivity contribution in [2.45, 2.75) is 0 Å². The van der Waals surface area contributed by atoms with E-state index in [9.17, 15) is 19.7 Å². The van der Waals surface area contributed by atoms with Crippen molar-refractivity contribution in [2.24, 2.45) is 0 Å². The molecule has 0 atom stereocenters. The van der Waals surface area contributed by atoms with Gasteiger partial charge in [0.25, 0.3) is 11.6 Å². The number of non-ortho nitro benzene ring substituents is 1. The third kappa shape index (κ3) is 4.67. The summed E-state index contributed by atoms with van der Waals surface area (Å²) in [4.78, 5) is 34.6. The first kappa shape index (κ1) is 20.5. The van der Waals surface area contributed by atoms with Crippen LogP contribution >= 0.6 is 0 Å². The summed E-state index contributed by atoms with van der Waals surface area (Å²) < 4.78 is 20.3. The molecule has 2 aromatic rings. The first-order valence-electron chi connectivity index (χ1n) is 7.91. The second-order valence-electron chi connectivity index (χ2n) is 5.31. The van der Waals surface area contributed by atoms with Crippen molar-refractivity contribution in [3.8, 4) is 17.2 Å². The molecule has 0 aliphatic heterocycles. The Hall–Kier alpha value is -3.82. The van der Waals surface area contributed by atoms with Gasteiger partial charge in [0.15, 0.2) is 18.1 Å². The van der Waals surface area contributed by atoms with Gasteiger partial charge in [0.2, 0.25) is 0 Å². The zero-order chi connectivity index (χ0) is 20.7. The molecule has 10 heteroatoms. The van der Waals surface area contributed by atoms with Crippen molar-refractivity contribution < 1.29 is 33.5 Å². The van der Waals surface area contributed by atoms with Crippen LogP contribution in [-0.2, 0) is 9.53 Å². The summed E-state index contributed by atoms with van der Waals surface area (Å²) in [7, 11) is 4.15. The molecule has 10 nitrogen and oxygen atoms in total. The van der Waals surface area contributed by atoms with Crippen LogP contribution in [0.5, 0.6) is 17.2 Å². The van der Waals surface area contributed by atoms with Gasteiger partial charge in [-0.05, 0) is 18.2 Å². The molecule has 2 aromatic carbocycles. The van der Waals surface area contributed by atoms with Gasteiger partial charge in [-0.1, -0.05) is 6.07 Å². The Balaban J connectivity index is 2.08. The number of methoxy groups -OCH3 is 3. The number of anilines is 1. The number of hydrogen-bond donors (Lipinski definition) is 1. The number of benzene rings is 2. The number of rotatable bonds is 8. The average molecular weight is 390 g/mol. The van der Waals surface area contributed by atoms with Crippen molar-refractivity contribution in [3.05, 3.63) is 52.1 Å². The van der Waals surface area contributed by atoms with Crippen molar-refractivity contribution in [3.63, 3.8) is 0 Å². The minimum absolute atomic E-state index is 0.0803. The van der Waals surface area contributed by atoms with Gasteiger partial charge in [-0.15, -0.1) is 0 Å². The van der Waals surface area contributed by atoms with E-state index >= 15 is 0 Å². The topological polar surface area (TPSA) is 126 Å². The van der Waals surface area contributed by atoms with Crippen molar-refractivity contribution >= 4 is 23.3 Å². The summed E-state index contributed by atoms with van der Waals surface area (Å²) in [5, 5.41) is 13.3. The van der Waals surface area contributed by atoms with Gasteiger partial charge in [-0.2, -0.15) is 0 Å². The summed E-state index contributed by atoms with van der Waals surface area (Å²) in [6, 6.07) is 8.38. The number of para-hydroxylation sites is 1. The number of carbonyl (C=O) groups is 2. The molecule has 0 aliphatic rings. The largest absolute Gasteiger partial charge is 0.495 e. The average Bonchev–Trinajstić information content (AvgIpc) is 2.71. The van der Waals surface area contributed by atoms with E-state index in [1.807, 2.05) is 0 Å². The van der Waals surface area contributed by atoms with Crippen LogP contribution in [0.1, 0.15) is 10.4 Å². The molecule has 1 amide bonds. The lowest BCUT2D eigenvalue weighted by Gasteiger charge is -2.12. The number of nitrogens with zero attached hydrogens (tertiary/aromatic N) is 1. The van der Waals surface area contributed by atoms with E-state index in [4.69, 9.17) is 18.9 Å². The van der Waals surface area contributed by atoms with Gasteiger partial charge < -0.3 is 24.3 Å². The maximum Gasteiger partial charge on any atom is 0.342 e. The summed E-state index contributed by atoms with van der Waals surface area (Å²) in [5.41, 5.74) is -0.0616. The molecule has 0 fully saturated rings. The molecule has 0 aliphatic carbocycles. The molecule has 148 valence electrons. The summed E-state index contributed by atoms with van der Waals surface area (Å²) in [5.74, 6) is -0.760. The molecule has 1 N–H and O–H groups in total. The molecular formula is C18H18N2O8. The first-order chi connectivity index (χ1) is 13.4. The van der Waals surface area contributed by atoms with E-state index in [0.717, 1.165) is 6.07 Å². The number of ether oxygens (including phenoxy) is 4. The molecule has 28 heavy (non-hydrogen) atoms. The fourth-order valence-electron chi connectivity index (χ4n) is 2.35. The lowest BCUT2D eigenvalue weighted by molar-refractivity contribution is -0.384. The number of amides is 1. The normalized spacial score (nSPS) is 9.96.